The van der Waals surface area contributed by atoms with Crippen molar-refractivity contribution in [2.75, 3.05) is 0 Å². The zero-order valence-electron chi connectivity index (χ0n) is 11.7. The zero-order valence-corrected chi connectivity index (χ0v) is 12.4. The Kier molecular flexibility index (Phi) is 2.73. The molecule has 1 heterocycles. The molecule has 3 nitrogen and oxygen atoms in total. The number of hydrogen-bond acceptors (Lipinski definition) is 2. The molecular weight excluding hydrogens is 284 g/mol. The monoisotopic (exact) mass is 298 g/mol. The summed E-state index contributed by atoms with van der Waals surface area (Å²) in [6.45, 7) is 1.90. The Bertz CT molecular complexity index is 849. The summed E-state index contributed by atoms with van der Waals surface area (Å²) in [7, 11) is 0. The molecule has 0 atom stereocenters. The third-order valence-electron chi connectivity index (χ3n) is 4.03. The molecule has 4 heteroatoms. The number of fused-ring (bicyclic) bond motifs is 1. The van der Waals surface area contributed by atoms with E-state index in [4.69, 9.17) is 16.6 Å². The highest BCUT2D eigenvalue weighted by atomic mass is 35.5. The molecule has 1 aromatic heterocycles. The Labute approximate surface area is 127 Å². The molecular formula is C17H15ClN2O. The van der Waals surface area contributed by atoms with E-state index in [0.717, 1.165) is 33.0 Å². The number of aromatic nitrogens is 2. The van der Waals surface area contributed by atoms with Gasteiger partial charge in [0.05, 0.1) is 16.1 Å². The lowest BCUT2D eigenvalue weighted by Crippen LogP contribution is -1.98. The smallest absolute Gasteiger partial charge is 0.141 e. The van der Waals surface area contributed by atoms with Crippen LogP contribution in [0.2, 0.25) is 5.02 Å². The minimum atomic E-state index is 0.311. The number of phenolic OH excluding ortho intramolecular Hbond substituents is 1. The van der Waals surface area contributed by atoms with E-state index >= 15 is 0 Å². The molecule has 106 valence electrons. The summed E-state index contributed by atoms with van der Waals surface area (Å²) in [6.07, 6.45) is 2.33. The SMILES string of the molecule is Cc1cc(-c2nc3cccc(Cl)c3n2C2CC2)ccc1O. The quantitative estimate of drug-likeness (QED) is 0.744. The van der Waals surface area contributed by atoms with E-state index < -0.39 is 0 Å². The molecule has 0 radical (unpaired) electrons. The normalized spacial score (nSPS) is 14.8. The molecule has 0 amide bonds. The zero-order chi connectivity index (χ0) is 14.6. The molecule has 1 aliphatic rings. The molecule has 1 N–H and O–H groups in total. The maximum absolute atomic E-state index is 9.72. The van der Waals surface area contributed by atoms with E-state index in [9.17, 15) is 5.11 Å². The number of phenols is 1. The molecule has 0 unspecified atom stereocenters. The van der Waals surface area contributed by atoms with Crippen molar-refractivity contribution in [1.82, 2.24) is 9.55 Å². The van der Waals surface area contributed by atoms with Crippen LogP contribution in [0.4, 0.5) is 0 Å². The highest BCUT2D eigenvalue weighted by Crippen LogP contribution is 2.43. The van der Waals surface area contributed by atoms with Crippen molar-refractivity contribution >= 4 is 22.6 Å². The first kappa shape index (κ1) is 12.7. The Balaban J connectivity index is 2.01. The van der Waals surface area contributed by atoms with Gasteiger partial charge >= 0.3 is 0 Å². The lowest BCUT2D eigenvalue weighted by molar-refractivity contribution is 0.471. The number of hydrogen-bond donors (Lipinski definition) is 1. The molecule has 2 aromatic carbocycles. The average Bonchev–Trinajstić information content (AvgIpc) is 3.22. The Hall–Kier alpha value is -2.00. The summed E-state index contributed by atoms with van der Waals surface area (Å²) in [6, 6.07) is 11.9. The summed E-state index contributed by atoms with van der Waals surface area (Å²) < 4.78 is 2.25. The van der Waals surface area contributed by atoms with Crippen LogP contribution in [-0.2, 0) is 0 Å². The fourth-order valence-electron chi connectivity index (χ4n) is 2.79. The number of nitrogens with zero attached hydrogens (tertiary/aromatic N) is 2. The predicted molar refractivity (Wildman–Crippen MR) is 84.9 cm³/mol. The third-order valence-corrected chi connectivity index (χ3v) is 4.33. The molecule has 0 spiro atoms. The number of aryl methyl sites for hydroxylation is 1. The van der Waals surface area contributed by atoms with Gasteiger partial charge in [0.25, 0.3) is 0 Å². The molecule has 0 saturated heterocycles. The fraction of sp³-hybridized carbons (Fsp3) is 0.235. The van der Waals surface area contributed by atoms with E-state index in [1.165, 1.54) is 12.8 Å². The van der Waals surface area contributed by atoms with Gasteiger partial charge in [-0.3, -0.25) is 0 Å². The summed E-state index contributed by atoms with van der Waals surface area (Å²) in [5.41, 5.74) is 3.81. The molecule has 0 aliphatic heterocycles. The molecule has 1 fully saturated rings. The van der Waals surface area contributed by atoms with Crippen molar-refractivity contribution in [3.8, 4) is 17.1 Å². The summed E-state index contributed by atoms with van der Waals surface area (Å²) in [5, 5.41) is 10.5. The number of imidazole rings is 1. The number of rotatable bonds is 2. The standard InChI is InChI=1S/C17H15ClN2O/c1-10-9-11(5-8-15(10)21)17-19-14-4-2-3-13(18)16(14)20(17)12-6-7-12/h2-5,8-9,12,21H,6-7H2,1H3. The van der Waals surface area contributed by atoms with Crippen molar-refractivity contribution in [3.05, 3.63) is 47.0 Å². The van der Waals surface area contributed by atoms with E-state index in [1.54, 1.807) is 6.07 Å². The second-order valence-corrected chi connectivity index (χ2v) is 6.05. The minimum absolute atomic E-state index is 0.311. The van der Waals surface area contributed by atoms with Gasteiger partial charge in [-0.1, -0.05) is 17.7 Å². The van der Waals surface area contributed by atoms with Gasteiger partial charge in [0.1, 0.15) is 11.6 Å². The maximum atomic E-state index is 9.72. The van der Waals surface area contributed by atoms with E-state index in [2.05, 4.69) is 4.57 Å². The van der Waals surface area contributed by atoms with Crippen LogP contribution in [0.5, 0.6) is 5.75 Å². The first-order chi connectivity index (χ1) is 10.1. The first-order valence-corrected chi connectivity index (χ1v) is 7.49. The number of halogens is 1. The van der Waals surface area contributed by atoms with Crippen LogP contribution in [0.25, 0.3) is 22.4 Å². The molecule has 1 saturated carbocycles. The van der Waals surface area contributed by atoms with Crippen LogP contribution in [0.1, 0.15) is 24.4 Å². The van der Waals surface area contributed by atoms with Gasteiger partial charge in [0, 0.05) is 11.6 Å². The molecule has 1 aliphatic carbocycles. The van der Waals surface area contributed by atoms with Gasteiger partial charge in [-0.15, -0.1) is 0 Å². The lowest BCUT2D eigenvalue weighted by Gasteiger charge is -2.09. The van der Waals surface area contributed by atoms with Crippen molar-refractivity contribution in [3.63, 3.8) is 0 Å². The molecule has 4 rings (SSSR count). The van der Waals surface area contributed by atoms with Gasteiger partial charge in [0.2, 0.25) is 0 Å². The topological polar surface area (TPSA) is 38.0 Å². The van der Waals surface area contributed by atoms with Gasteiger partial charge in [0.15, 0.2) is 0 Å². The van der Waals surface area contributed by atoms with Crippen LogP contribution in [-0.4, -0.2) is 14.7 Å². The van der Waals surface area contributed by atoms with Crippen LogP contribution in [0, 0.1) is 6.92 Å². The third kappa shape index (κ3) is 2.00. The molecule has 3 aromatic rings. The fourth-order valence-corrected chi connectivity index (χ4v) is 3.05. The van der Waals surface area contributed by atoms with Crippen LogP contribution in [0.15, 0.2) is 36.4 Å². The number of para-hydroxylation sites is 1. The van der Waals surface area contributed by atoms with E-state index in [-0.39, 0.29) is 0 Å². The van der Waals surface area contributed by atoms with Crippen molar-refractivity contribution in [2.45, 2.75) is 25.8 Å². The summed E-state index contributed by atoms with van der Waals surface area (Å²) in [4.78, 5) is 4.77. The maximum Gasteiger partial charge on any atom is 0.141 e. The van der Waals surface area contributed by atoms with Gasteiger partial charge in [-0.25, -0.2) is 4.98 Å². The lowest BCUT2D eigenvalue weighted by atomic mass is 10.1. The average molecular weight is 299 g/mol. The second kappa shape index (κ2) is 4.50. The highest BCUT2D eigenvalue weighted by Gasteiger charge is 2.29. The molecule has 0 bridgehead atoms. The Morgan fingerprint density at radius 2 is 2.05 bits per heavy atom. The van der Waals surface area contributed by atoms with E-state index in [0.29, 0.717) is 11.8 Å². The van der Waals surface area contributed by atoms with Gasteiger partial charge in [-0.2, -0.15) is 0 Å². The summed E-state index contributed by atoms with van der Waals surface area (Å²) in [5.74, 6) is 1.24. The summed E-state index contributed by atoms with van der Waals surface area (Å²) >= 11 is 6.39. The van der Waals surface area contributed by atoms with Crippen molar-refractivity contribution in [1.29, 1.82) is 0 Å². The van der Waals surface area contributed by atoms with Crippen molar-refractivity contribution < 1.29 is 5.11 Å². The predicted octanol–water partition coefficient (Wildman–Crippen LogP) is 4.71. The highest BCUT2D eigenvalue weighted by molar-refractivity contribution is 6.35. The van der Waals surface area contributed by atoms with Crippen LogP contribution >= 0.6 is 11.6 Å². The minimum Gasteiger partial charge on any atom is -0.508 e. The Morgan fingerprint density at radius 1 is 1.24 bits per heavy atom. The van der Waals surface area contributed by atoms with Crippen LogP contribution < -0.4 is 0 Å². The first-order valence-electron chi connectivity index (χ1n) is 7.11. The number of benzene rings is 2. The van der Waals surface area contributed by atoms with Crippen molar-refractivity contribution in [2.24, 2.45) is 0 Å². The van der Waals surface area contributed by atoms with Gasteiger partial charge in [-0.05, 0) is 55.7 Å². The second-order valence-electron chi connectivity index (χ2n) is 5.65. The molecule has 21 heavy (non-hydrogen) atoms. The van der Waals surface area contributed by atoms with Gasteiger partial charge < -0.3 is 9.67 Å². The largest absolute Gasteiger partial charge is 0.508 e. The van der Waals surface area contributed by atoms with E-state index in [1.807, 2.05) is 37.3 Å². The number of aromatic hydroxyl groups is 1. The van der Waals surface area contributed by atoms with Crippen LogP contribution in [0.3, 0.4) is 0 Å². The Morgan fingerprint density at radius 3 is 2.76 bits per heavy atom.